The molecule has 0 saturated carbocycles. The maximum atomic E-state index is 13.7. The van der Waals surface area contributed by atoms with E-state index in [0.717, 1.165) is 11.1 Å². The Morgan fingerprint density at radius 3 is 1.69 bits per heavy atom. The number of aromatic hydroxyl groups is 2. The molecule has 3 aliphatic heterocycles. The van der Waals surface area contributed by atoms with Crippen LogP contribution < -0.4 is 0 Å². The Hall–Kier alpha value is -6.22. The van der Waals surface area contributed by atoms with Crippen LogP contribution in [0, 0.1) is 0 Å². The molecule has 3 aliphatic rings. The first-order chi connectivity index (χ1) is 25.3. The Morgan fingerprint density at radius 1 is 0.558 bits per heavy atom. The summed E-state index contributed by atoms with van der Waals surface area (Å²) in [5.74, 6) is -0.786. The van der Waals surface area contributed by atoms with Crippen molar-refractivity contribution < 1.29 is 20.4 Å². The summed E-state index contributed by atoms with van der Waals surface area (Å²) in [5.41, 5.74) is 3.58. The van der Waals surface area contributed by atoms with Gasteiger partial charge in [-0.3, -0.25) is 9.97 Å². The van der Waals surface area contributed by atoms with Crippen LogP contribution in [0.25, 0.3) is 22.2 Å². The van der Waals surface area contributed by atoms with Gasteiger partial charge in [-0.2, -0.15) is 0 Å². The molecule has 0 saturated heterocycles. The standard InChI is InChI=1S/C44H36N4O4/c49-40-35-24-31-21-22-32(45-31)26-37-43(51,29-17-9-3-10-18-29)44(52,30-19-11-4-12-20-30)42(48-37)38(28-15-7-2-8-16-28)39-34(27-13-5-1-6-14-27)23-33(46-39)25-36(47-35)41(40)50/h1-20,24-26,34,47-52H,21-23H2. The van der Waals surface area contributed by atoms with Crippen LogP contribution in [0.4, 0.5) is 0 Å². The first-order valence-electron chi connectivity index (χ1n) is 17.5. The summed E-state index contributed by atoms with van der Waals surface area (Å²) in [6, 6.07) is 43.8. The predicted molar refractivity (Wildman–Crippen MR) is 199 cm³/mol. The van der Waals surface area contributed by atoms with E-state index in [1.54, 1.807) is 12.1 Å². The molecule has 3 atom stereocenters. The molecule has 0 spiro atoms. The van der Waals surface area contributed by atoms with E-state index in [4.69, 9.17) is 9.97 Å². The highest BCUT2D eigenvalue weighted by atomic mass is 16.4. The third-order valence-corrected chi connectivity index (χ3v) is 10.6. The van der Waals surface area contributed by atoms with E-state index < -0.39 is 11.2 Å². The number of aromatic amines is 2. The number of nitrogens with zero attached hydrogens (tertiary/aromatic N) is 2. The second kappa shape index (κ2) is 12.2. The van der Waals surface area contributed by atoms with Gasteiger partial charge in [0.2, 0.25) is 0 Å². The third kappa shape index (κ3) is 4.91. The van der Waals surface area contributed by atoms with Crippen molar-refractivity contribution in [1.29, 1.82) is 0 Å². The molecule has 2 aromatic heterocycles. The minimum Gasteiger partial charge on any atom is -0.503 e. The first-order valence-corrected chi connectivity index (χ1v) is 17.5. The third-order valence-electron chi connectivity index (χ3n) is 10.6. The molecule has 5 heterocycles. The Morgan fingerprint density at radius 2 is 1.08 bits per heavy atom. The van der Waals surface area contributed by atoms with Gasteiger partial charge in [-0.15, -0.1) is 0 Å². The zero-order valence-electron chi connectivity index (χ0n) is 28.2. The monoisotopic (exact) mass is 684 g/mol. The van der Waals surface area contributed by atoms with Gasteiger partial charge in [0.15, 0.2) is 22.7 Å². The minimum atomic E-state index is -2.04. The van der Waals surface area contributed by atoms with E-state index in [-0.39, 0.29) is 17.4 Å². The van der Waals surface area contributed by atoms with Gasteiger partial charge in [-0.25, -0.2) is 0 Å². The van der Waals surface area contributed by atoms with Crippen LogP contribution in [0.3, 0.4) is 0 Å². The molecule has 4 aromatic carbocycles. The van der Waals surface area contributed by atoms with Gasteiger partial charge in [-0.1, -0.05) is 121 Å². The molecule has 8 heteroatoms. The fraction of sp³-hybridized carbons (Fsp3) is 0.136. The summed E-state index contributed by atoms with van der Waals surface area (Å²) < 4.78 is 0. The zero-order valence-corrected chi connectivity index (χ0v) is 28.2. The number of hydrogen-bond donors (Lipinski definition) is 6. The topological polar surface area (TPSA) is 138 Å². The molecule has 3 unspecified atom stereocenters. The summed E-state index contributed by atoms with van der Waals surface area (Å²) in [6.45, 7) is 0. The number of benzene rings is 4. The predicted octanol–water partition coefficient (Wildman–Crippen LogP) is 7.45. The SMILES string of the molecule is Oc1c(O)c2cc3nc(c(-c4ccccc4)c4[nH]c(cc5nc(cc1[nH]2)CC5)C(O)(c1ccccc1)C4(O)c1ccccc1)C(c1ccccc1)C3. The van der Waals surface area contributed by atoms with Crippen LogP contribution in [0.2, 0.25) is 0 Å². The summed E-state index contributed by atoms with van der Waals surface area (Å²) >= 11 is 0. The van der Waals surface area contributed by atoms with Crippen LogP contribution in [0.1, 0.15) is 56.8 Å². The highest BCUT2D eigenvalue weighted by molar-refractivity contribution is 5.79. The number of aromatic nitrogens is 4. The van der Waals surface area contributed by atoms with E-state index in [1.807, 2.05) is 115 Å². The summed E-state index contributed by atoms with van der Waals surface area (Å²) in [4.78, 5) is 17.0. The Bertz CT molecular complexity index is 2500. The first kappa shape index (κ1) is 31.7. The summed E-state index contributed by atoms with van der Waals surface area (Å²) in [6.07, 6.45) is 1.61. The molecule has 0 amide bonds. The van der Waals surface area contributed by atoms with Gasteiger partial charge in [0.25, 0.3) is 0 Å². The van der Waals surface area contributed by atoms with Crippen molar-refractivity contribution in [2.24, 2.45) is 0 Å². The summed E-state index contributed by atoms with van der Waals surface area (Å²) in [7, 11) is 0. The van der Waals surface area contributed by atoms with Crippen molar-refractivity contribution in [1.82, 2.24) is 19.9 Å². The fourth-order valence-electron chi connectivity index (χ4n) is 8.03. The fourth-order valence-corrected chi connectivity index (χ4v) is 8.03. The van der Waals surface area contributed by atoms with Crippen molar-refractivity contribution in [3.63, 3.8) is 0 Å². The smallest absolute Gasteiger partial charge is 0.183 e. The van der Waals surface area contributed by atoms with Crippen molar-refractivity contribution in [3.8, 4) is 22.6 Å². The maximum Gasteiger partial charge on any atom is 0.183 e. The second-order valence-corrected chi connectivity index (χ2v) is 13.6. The highest BCUT2D eigenvalue weighted by Gasteiger charge is 2.60. The quantitative estimate of drug-likeness (QED) is 0.114. The van der Waals surface area contributed by atoms with Gasteiger partial charge in [-0.05, 0) is 53.3 Å². The van der Waals surface area contributed by atoms with Crippen LogP contribution in [-0.4, -0.2) is 40.4 Å². The van der Waals surface area contributed by atoms with Crippen LogP contribution in [0.5, 0.6) is 11.5 Å². The lowest BCUT2D eigenvalue weighted by Crippen LogP contribution is -2.48. The van der Waals surface area contributed by atoms with E-state index >= 15 is 0 Å². The molecule has 0 radical (unpaired) electrons. The van der Waals surface area contributed by atoms with Crippen LogP contribution in [-0.2, 0) is 30.5 Å². The van der Waals surface area contributed by atoms with E-state index in [9.17, 15) is 20.4 Å². The number of aliphatic hydroxyl groups is 2. The van der Waals surface area contributed by atoms with Crippen molar-refractivity contribution in [3.05, 3.63) is 190 Å². The highest BCUT2D eigenvalue weighted by Crippen LogP contribution is 2.55. The molecular formula is C44H36N4O4. The lowest BCUT2D eigenvalue weighted by atomic mass is 9.70. The van der Waals surface area contributed by atoms with Gasteiger partial charge in [0.1, 0.15) is 0 Å². The Kier molecular flexibility index (Phi) is 7.46. The molecule has 6 N–H and O–H groups in total. The number of nitrogens with one attached hydrogen (secondary N) is 2. The molecule has 9 rings (SSSR count). The number of H-pyrrole nitrogens is 2. The van der Waals surface area contributed by atoms with Gasteiger partial charge >= 0.3 is 0 Å². The maximum absolute atomic E-state index is 13.7. The molecule has 52 heavy (non-hydrogen) atoms. The van der Waals surface area contributed by atoms with Crippen molar-refractivity contribution in [2.75, 3.05) is 0 Å². The molecule has 0 aliphatic carbocycles. The average molecular weight is 685 g/mol. The van der Waals surface area contributed by atoms with E-state index in [2.05, 4.69) is 22.1 Å². The average Bonchev–Trinajstić information content (AvgIpc) is 3.93. The Balaban J connectivity index is 1.51. The van der Waals surface area contributed by atoms with Gasteiger partial charge in [0.05, 0.1) is 28.1 Å². The number of hydrogen-bond acceptors (Lipinski definition) is 6. The van der Waals surface area contributed by atoms with Crippen LogP contribution in [0.15, 0.2) is 140 Å². The molecular weight excluding hydrogens is 649 g/mol. The van der Waals surface area contributed by atoms with E-state index in [1.165, 1.54) is 0 Å². The van der Waals surface area contributed by atoms with Crippen molar-refractivity contribution >= 4 is 11.0 Å². The normalized spacial score (nSPS) is 20.4. The Labute approximate surface area is 300 Å². The molecule has 6 aromatic rings. The second-order valence-electron chi connectivity index (χ2n) is 13.6. The van der Waals surface area contributed by atoms with E-state index in [0.29, 0.717) is 81.1 Å². The van der Waals surface area contributed by atoms with Crippen LogP contribution >= 0.6 is 0 Å². The number of rotatable bonds is 4. The molecule has 8 bridgehead atoms. The largest absolute Gasteiger partial charge is 0.503 e. The number of fused-ring (bicyclic) bond motifs is 8. The minimum absolute atomic E-state index is 0.258. The lowest BCUT2D eigenvalue weighted by Gasteiger charge is -2.40. The lowest BCUT2D eigenvalue weighted by molar-refractivity contribution is -0.104. The zero-order chi connectivity index (χ0) is 35.5. The van der Waals surface area contributed by atoms with Gasteiger partial charge < -0.3 is 30.4 Å². The molecule has 8 nitrogen and oxygen atoms in total. The molecule has 256 valence electrons. The molecule has 0 fully saturated rings. The van der Waals surface area contributed by atoms with Gasteiger partial charge in [0, 0.05) is 35.0 Å². The number of aryl methyl sites for hydroxylation is 2. The van der Waals surface area contributed by atoms with Crippen molar-refractivity contribution in [2.45, 2.75) is 36.4 Å². The summed E-state index contributed by atoms with van der Waals surface area (Å²) in [5, 5.41) is 49.2.